The van der Waals surface area contributed by atoms with Crippen molar-refractivity contribution in [3.05, 3.63) is 0 Å². The van der Waals surface area contributed by atoms with Crippen LogP contribution in [0.2, 0.25) is 0 Å². The molecule has 0 bridgehead atoms. The predicted octanol–water partition coefficient (Wildman–Crippen LogP) is 8.11. The highest BCUT2D eigenvalue weighted by atomic mass is 14.4. The van der Waals surface area contributed by atoms with Crippen molar-refractivity contribution in [1.82, 2.24) is 0 Å². The molecule has 4 unspecified atom stereocenters. The summed E-state index contributed by atoms with van der Waals surface area (Å²) in [4.78, 5) is 0. The van der Waals surface area contributed by atoms with Crippen LogP contribution in [0.25, 0.3) is 0 Å². The quantitative estimate of drug-likeness (QED) is 0.319. The van der Waals surface area contributed by atoms with Gasteiger partial charge in [-0.2, -0.15) is 0 Å². The van der Waals surface area contributed by atoms with Crippen LogP contribution >= 0.6 is 0 Å². The minimum absolute atomic E-state index is 0.439. The number of hydrogen-bond acceptors (Lipinski definition) is 0. The van der Waals surface area contributed by atoms with Gasteiger partial charge in [-0.25, -0.2) is 0 Å². The second kappa shape index (κ2) is 11.5. The molecular weight excluding hydrogens is 264 g/mol. The second-order valence-corrected chi connectivity index (χ2v) is 9.15. The molecule has 0 aromatic rings. The van der Waals surface area contributed by atoms with Gasteiger partial charge in [0.2, 0.25) is 0 Å². The minimum Gasteiger partial charge on any atom is -0.0654 e. The monoisotopic (exact) mass is 310 g/mol. The highest BCUT2D eigenvalue weighted by Gasteiger charge is 2.33. The lowest BCUT2D eigenvalue weighted by atomic mass is 9.65. The first-order chi connectivity index (χ1) is 10.2. The van der Waals surface area contributed by atoms with Gasteiger partial charge in [0, 0.05) is 0 Å². The average molecular weight is 311 g/mol. The molecule has 0 heterocycles. The SMILES string of the molecule is CCCCCCCCC(C)CC(C)C(C(C)CC)C(C)(C)C. The third-order valence-corrected chi connectivity index (χ3v) is 5.69. The molecule has 0 fully saturated rings. The largest absolute Gasteiger partial charge is 0.0654 e. The van der Waals surface area contributed by atoms with E-state index in [0.29, 0.717) is 5.41 Å². The van der Waals surface area contributed by atoms with E-state index in [-0.39, 0.29) is 0 Å². The van der Waals surface area contributed by atoms with E-state index in [2.05, 4.69) is 55.4 Å². The van der Waals surface area contributed by atoms with Crippen molar-refractivity contribution in [2.24, 2.45) is 29.1 Å². The van der Waals surface area contributed by atoms with Crippen LogP contribution in [0.5, 0.6) is 0 Å². The first-order valence-electron chi connectivity index (χ1n) is 10.2. The summed E-state index contributed by atoms with van der Waals surface area (Å²) < 4.78 is 0. The molecule has 0 aromatic heterocycles. The Bertz CT molecular complexity index is 247. The summed E-state index contributed by atoms with van der Waals surface area (Å²) >= 11 is 0. The Kier molecular flexibility index (Phi) is 11.5. The lowest BCUT2D eigenvalue weighted by Gasteiger charge is -2.40. The highest BCUT2D eigenvalue weighted by Crippen LogP contribution is 2.41. The van der Waals surface area contributed by atoms with E-state index in [9.17, 15) is 0 Å². The molecule has 134 valence electrons. The fraction of sp³-hybridized carbons (Fsp3) is 1.00. The van der Waals surface area contributed by atoms with Crippen LogP contribution in [-0.4, -0.2) is 0 Å². The Balaban J connectivity index is 4.17. The smallest absolute Gasteiger partial charge is 0.0314 e. The summed E-state index contributed by atoms with van der Waals surface area (Å²) in [6.07, 6.45) is 12.8. The molecule has 0 rings (SSSR count). The maximum Gasteiger partial charge on any atom is -0.0314 e. The van der Waals surface area contributed by atoms with Crippen LogP contribution in [0, 0.1) is 29.1 Å². The van der Waals surface area contributed by atoms with Crippen LogP contribution < -0.4 is 0 Å². The van der Waals surface area contributed by atoms with E-state index in [1.165, 1.54) is 57.8 Å². The standard InChI is InChI=1S/C22H46/c1-9-11-12-13-14-15-16-18(3)17-20(5)21(19(4)10-2)22(6,7)8/h18-21H,9-17H2,1-8H3. The Morgan fingerprint density at radius 1 is 0.727 bits per heavy atom. The van der Waals surface area contributed by atoms with Crippen molar-refractivity contribution in [3.63, 3.8) is 0 Å². The van der Waals surface area contributed by atoms with Gasteiger partial charge in [0.05, 0.1) is 0 Å². The van der Waals surface area contributed by atoms with E-state index in [4.69, 9.17) is 0 Å². The zero-order valence-corrected chi connectivity index (χ0v) is 17.2. The van der Waals surface area contributed by atoms with Gasteiger partial charge in [-0.3, -0.25) is 0 Å². The Labute approximate surface area is 142 Å². The number of hydrogen-bond donors (Lipinski definition) is 0. The summed E-state index contributed by atoms with van der Waals surface area (Å²) in [6, 6.07) is 0. The van der Waals surface area contributed by atoms with Crippen LogP contribution in [0.3, 0.4) is 0 Å². The fourth-order valence-electron chi connectivity index (χ4n) is 4.69. The highest BCUT2D eigenvalue weighted by molar-refractivity contribution is 4.83. The van der Waals surface area contributed by atoms with Gasteiger partial charge in [0.1, 0.15) is 0 Å². The molecular formula is C22H46. The molecule has 0 nitrogen and oxygen atoms in total. The Hall–Kier alpha value is 0. The molecule has 0 aliphatic carbocycles. The minimum atomic E-state index is 0.439. The van der Waals surface area contributed by atoms with Crippen molar-refractivity contribution in [2.45, 2.75) is 113 Å². The van der Waals surface area contributed by atoms with Crippen LogP contribution in [0.15, 0.2) is 0 Å². The van der Waals surface area contributed by atoms with Gasteiger partial charge in [0.15, 0.2) is 0 Å². The van der Waals surface area contributed by atoms with E-state index in [0.717, 1.165) is 23.7 Å². The summed E-state index contributed by atoms with van der Waals surface area (Å²) in [5.41, 5.74) is 0.439. The van der Waals surface area contributed by atoms with Gasteiger partial charge in [-0.05, 0) is 35.5 Å². The van der Waals surface area contributed by atoms with Crippen molar-refractivity contribution < 1.29 is 0 Å². The second-order valence-electron chi connectivity index (χ2n) is 9.15. The zero-order chi connectivity index (χ0) is 17.2. The lowest BCUT2D eigenvalue weighted by molar-refractivity contribution is 0.0883. The van der Waals surface area contributed by atoms with Gasteiger partial charge in [0.25, 0.3) is 0 Å². The topological polar surface area (TPSA) is 0 Å². The molecule has 0 heteroatoms. The fourth-order valence-corrected chi connectivity index (χ4v) is 4.69. The molecule has 4 atom stereocenters. The van der Waals surface area contributed by atoms with E-state index in [1.807, 2.05) is 0 Å². The van der Waals surface area contributed by atoms with Gasteiger partial charge >= 0.3 is 0 Å². The van der Waals surface area contributed by atoms with Crippen molar-refractivity contribution in [1.29, 1.82) is 0 Å². The molecule has 0 aromatic carbocycles. The van der Waals surface area contributed by atoms with Crippen molar-refractivity contribution in [2.75, 3.05) is 0 Å². The third-order valence-electron chi connectivity index (χ3n) is 5.69. The maximum atomic E-state index is 2.51. The lowest BCUT2D eigenvalue weighted by Crippen LogP contribution is -2.33. The zero-order valence-electron chi connectivity index (χ0n) is 17.2. The van der Waals surface area contributed by atoms with Crippen LogP contribution in [0.1, 0.15) is 113 Å². The predicted molar refractivity (Wildman–Crippen MR) is 103 cm³/mol. The van der Waals surface area contributed by atoms with E-state index >= 15 is 0 Å². The molecule has 0 aliphatic heterocycles. The Morgan fingerprint density at radius 2 is 1.27 bits per heavy atom. The molecule has 22 heavy (non-hydrogen) atoms. The molecule has 0 aliphatic rings. The normalized spacial score (nSPS) is 18.0. The molecule has 0 saturated carbocycles. The average Bonchev–Trinajstić information content (AvgIpc) is 2.40. The molecule has 0 spiro atoms. The molecule has 0 saturated heterocycles. The van der Waals surface area contributed by atoms with E-state index < -0.39 is 0 Å². The first kappa shape index (κ1) is 22.0. The van der Waals surface area contributed by atoms with E-state index in [1.54, 1.807) is 0 Å². The summed E-state index contributed by atoms with van der Waals surface area (Å²) in [6.45, 7) is 19.4. The molecule has 0 amide bonds. The first-order valence-corrected chi connectivity index (χ1v) is 10.2. The van der Waals surface area contributed by atoms with Crippen molar-refractivity contribution in [3.8, 4) is 0 Å². The molecule has 0 N–H and O–H groups in total. The third kappa shape index (κ3) is 9.21. The van der Waals surface area contributed by atoms with Crippen LogP contribution in [-0.2, 0) is 0 Å². The summed E-state index contributed by atoms with van der Waals surface area (Å²) in [5, 5.41) is 0. The number of rotatable bonds is 12. The van der Waals surface area contributed by atoms with Gasteiger partial charge < -0.3 is 0 Å². The van der Waals surface area contributed by atoms with Gasteiger partial charge in [-0.1, -0.05) is 107 Å². The van der Waals surface area contributed by atoms with Gasteiger partial charge in [-0.15, -0.1) is 0 Å². The Morgan fingerprint density at radius 3 is 1.77 bits per heavy atom. The van der Waals surface area contributed by atoms with Crippen LogP contribution in [0.4, 0.5) is 0 Å². The number of unbranched alkanes of at least 4 members (excludes halogenated alkanes) is 5. The summed E-state index contributed by atoms with van der Waals surface area (Å²) in [7, 11) is 0. The molecule has 0 radical (unpaired) electrons. The summed E-state index contributed by atoms with van der Waals surface area (Å²) in [5.74, 6) is 3.45. The maximum absolute atomic E-state index is 2.51. The van der Waals surface area contributed by atoms with Crippen molar-refractivity contribution >= 4 is 0 Å².